The van der Waals surface area contributed by atoms with Crippen molar-refractivity contribution >= 4 is 32.0 Å². The molecular formula is C26H38KN5O3S. The van der Waals surface area contributed by atoms with Crippen LogP contribution in [0, 0.1) is 16.7 Å². The van der Waals surface area contributed by atoms with E-state index >= 15 is 0 Å². The van der Waals surface area contributed by atoms with Gasteiger partial charge in [-0.1, -0.05) is 6.92 Å². The monoisotopic (exact) mass is 539 g/mol. The maximum Gasteiger partial charge on any atom is 1.00 e. The minimum atomic E-state index is -0.487. The van der Waals surface area contributed by atoms with Crippen LogP contribution in [0.3, 0.4) is 0 Å². The van der Waals surface area contributed by atoms with Crippen LogP contribution in [0.25, 0.3) is 21.9 Å². The molecule has 0 atom stereocenters. The third-order valence-electron chi connectivity index (χ3n) is 6.40. The number of hydrogen-bond donors (Lipinski definition) is 1. The maximum atomic E-state index is 9.97. The zero-order valence-electron chi connectivity index (χ0n) is 22.6. The summed E-state index contributed by atoms with van der Waals surface area (Å²) in [5, 5.41) is 21.0. The van der Waals surface area contributed by atoms with E-state index in [2.05, 4.69) is 51.6 Å². The number of H-pyrrole nitrogens is 1. The van der Waals surface area contributed by atoms with Crippen molar-refractivity contribution < 1.29 is 66.0 Å². The largest absolute Gasteiger partial charge is 1.00 e. The molecule has 3 aromatic heterocycles. The molecule has 10 heteroatoms. The minimum absolute atomic E-state index is 0. The Bertz CT molecular complexity index is 1150. The average Bonchev–Trinajstić information content (AvgIpc) is 3.20. The van der Waals surface area contributed by atoms with Crippen LogP contribution in [0.15, 0.2) is 24.5 Å². The number of nitrogens with one attached hydrogen (secondary N) is 1. The predicted molar refractivity (Wildman–Crippen MR) is 142 cm³/mol. The summed E-state index contributed by atoms with van der Waals surface area (Å²) in [6.45, 7) is 6.96. The summed E-state index contributed by atoms with van der Waals surface area (Å²) in [5.41, 5.74) is 2.14. The van der Waals surface area contributed by atoms with Gasteiger partial charge in [0.2, 0.25) is 0 Å². The van der Waals surface area contributed by atoms with E-state index in [1.165, 1.54) is 0 Å². The van der Waals surface area contributed by atoms with Crippen molar-refractivity contribution in [1.82, 2.24) is 19.9 Å². The van der Waals surface area contributed by atoms with Crippen molar-refractivity contribution in [2.45, 2.75) is 19.8 Å². The Balaban J connectivity index is 0.000000503. The van der Waals surface area contributed by atoms with Gasteiger partial charge in [0, 0.05) is 30.7 Å². The molecule has 4 rings (SSSR count). The van der Waals surface area contributed by atoms with Gasteiger partial charge in [0.1, 0.15) is 23.2 Å². The van der Waals surface area contributed by atoms with Gasteiger partial charge in [-0.05, 0) is 62.6 Å². The number of pyridine rings is 2. The van der Waals surface area contributed by atoms with E-state index < -0.39 is 10.0 Å². The third kappa shape index (κ3) is 8.93. The average molecular weight is 540 g/mol. The van der Waals surface area contributed by atoms with E-state index in [9.17, 15) is 10.4 Å². The van der Waals surface area contributed by atoms with Crippen molar-refractivity contribution in [3.05, 3.63) is 30.2 Å². The first kappa shape index (κ1) is 31.5. The Labute approximate surface area is 258 Å². The molecule has 192 valence electrons. The minimum Gasteiger partial charge on any atom is -0.854 e. The number of nitriles is 1. The van der Waals surface area contributed by atoms with Crippen LogP contribution in [0.1, 0.15) is 25.5 Å². The van der Waals surface area contributed by atoms with Crippen molar-refractivity contribution in [2.75, 3.05) is 71.1 Å². The fourth-order valence-electron chi connectivity index (χ4n) is 4.05. The second kappa shape index (κ2) is 14.4. The van der Waals surface area contributed by atoms with Gasteiger partial charge in [-0.15, -0.1) is 6.61 Å². The van der Waals surface area contributed by atoms with Crippen molar-refractivity contribution in [3.8, 4) is 11.8 Å². The molecule has 8 nitrogen and oxygen atoms in total. The number of rotatable bonds is 8. The molecule has 1 N–H and O–H groups in total. The van der Waals surface area contributed by atoms with Crippen LogP contribution in [0.5, 0.6) is 5.75 Å². The van der Waals surface area contributed by atoms with Gasteiger partial charge in [0.25, 0.3) is 0 Å². The van der Waals surface area contributed by atoms with Crippen LogP contribution in [0.4, 0.5) is 0 Å². The SMILES string of the molecule is COCCN1CCC(C)(COc2ccnc3[nH]c4cnc(C#N)cc4c23)CC1.CS(C)(C)CC[O-].[K+]. The summed E-state index contributed by atoms with van der Waals surface area (Å²) in [6, 6.07) is 5.79. The first-order valence-corrected chi connectivity index (χ1v) is 15.0. The molecule has 1 fully saturated rings. The molecule has 1 aliphatic rings. The van der Waals surface area contributed by atoms with Gasteiger partial charge in [0.15, 0.2) is 0 Å². The Kier molecular flexibility index (Phi) is 12.6. The third-order valence-corrected chi connectivity index (χ3v) is 7.79. The molecule has 3 aromatic rings. The Morgan fingerprint density at radius 3 is 2.56 bits per heavy atom. The van der Waals surface area contributed by atoms with E-state index in [1.807, 2.05) is 6.07 Å². The van der Waals surface area contributed by atoms with Gasteiger partial charge in [0.05, 0.1) is 30.3 Å². The summed E-state index contributed by atoms with van der Waals surface area (Å²) in [6.07, 6.45) is 12.1. The molecule has 0 aromatic carbocycles. The molecule has 0 bridgehead atoms. The fourth-order valence-corrected chi connectivity index (χ4v) is 4.55. The smallest absolute Gasteiger partial charge is 0.854 e. The van der Waals surface area contributed by atoms with Gasteiger partial charge < -0.3 is 24.5 Å². The van der Waals surface area contributed by atoms with Crippen LogP contribution in [-0.4, -0.2) is 90.9 Å². The molecule has 0 radical (unpaired) electrons. The number of aromatic nitrogens is 3. The first-order chi connectivity index (χ1) is 16.7. The quantitative estimate of drug-likeness (QED) is 0.406. The number of piperidine rings is 1. The summed E-state index contributed by atoms with van der Waals surface area (Å²) in [4.78, 5) is 14.3. The second-order valence-electron chi connectivity index (χ2n) is 10.3. The second-order valence-corrected chi connectivity index (χ2v) is 14.9. The zero-order valence-corrected chi connectivity index (χ0v) is 26.5. The van der Waals surface area contributed by atoms with Crippen molar-refractivity contribution in [1.29, 1.82) is 5.26 Å². The molecule has 1 saturated heterocycles. The van der Waals surface area contributed by atoms with E-state index in [0.717, 1.165) is 72.5 Å². The first-order valence-electron chi connectivity index (χ1n) is 11.9. The van der Waals surface area contributed by atoms with E-state index in [0.29, 0.717) is 12.3 Å². The summed E-state index contributed by atoms with van der Waals surface area (Å²) in [5.74, 6) is 1.67. The fraction of sp³-hybridized carbons (Fsp3) is 0.577. The molecule has 4 heterocycles. The number of hydrogen-bond acceptors (Lipinski definition) is 7. The van der Waals surface area contributed by atoms with E-state index in [-0.39, 0.29) is 63.4 Å². The number of aromatic amines is 1. The van der Waals surface area contributed by atoms with Gasteiger partial charge in [-0.3, -0.25) is 10.0 Å². The Morgan fingerprint density at radius 1 is 1.25 bits per heavy atom. The Morgan fingerprint density at radius 2 is 1.97 bits per heavy atom. The normalized spacial score (nSPS) is 16.0. The number of methoxy groups -OCH3 is 1. The molecule has 0 spiro atoms. The molecule has 1 aliphatic heterocycles. The van der Waals surface area contributed by atoms with Gasteiger partial charge >= 0.3 is 51.4 Å². The molecule has 0 amide bonds. The van der Waals surface area contributed by atoms with Crippen molar-refractivity contribution in [3.63, 3.8) is 0 Å². The summed E-state index contributed by atoms with van der Waals surface area (Å²) >= 11 is 0. The van der Waals surface area contributed by atoms with E-state index in [1.54, 1.807) is 25.6 Å². The number of likely N-dealkylation sites (tertiary alicyclic amines) is 1. The topological polar surface area (TPSA) is 110 Å². The standard InChI is InChI=1S/C21H25N5O2.C5H13OS.K/c1-21(4-7-26(8-5-21)9-10-27-2)14-28-18-3-6-23-20-19(18)16-11-15(12-22)24-13-17(16)25-20;1-7(2,3)5-4-6;/h3,6,11,13H,4-5,7-10,14H2,1-2H3,(H,23,25);4-5H2,1-3H3;/q;-1;+1. The van der Waals surface area contributed by atoms with Crippen LogP contribution < -0.4 is 61.2 Å². The number of nitrogens with zero attached hydrogens (tertiary/aromatic N) is 4. The molecule has 36 heavy (non-hydrogen) atoms. The van der Waals surface area contributed by atoms with E-state index in [4.69, 9.17) is 9.47 Å². The molecular weight excluding hydrogens is 501 g/mol. The van der Waals surface area contributed by atoms with Crippen LogP contribution in [0.2, 0.25) is 0 Å². The summed E-state index contributed by atoms with van der Waals surface area (Å²) in [7, 11) is 1.26. The van der Waals surface area contributed by atoms with Gasteiger partial charge in [-0.25, -0.2) is 9.97 Å². The molecule has 0 aliphatic carbocycles. The van der Waals surface area contributed by atoms with Crippen LogP contribution >= 0.6 is 10.0 Å². The van der Waals surface area contributed by atoms with Crippen LogP contribution in [-0.2, 0) is 4.74 Å². The number of ether oxygens (including phenoxy) is 2. The summed E-state index contributed by atoms with van der Waals surface area (Å²) < 4.78 is 11.5. The van der Waals surface area contributed by atoms with Gasteiger partial charge in [-0.2, -0.15) is 5.26 Å². The van der Waals surface area contributed by atoms with Crippen molar-refractivity contribution in [2.24, 2.45) is 5.41 Å². The Hall–Kier alpha value is -0.744. The predicted octanol–water partition coefficient (Wildman–Crippen LogP) is 0.155. The molecule has 0 saturated carbocycles. The maximum absolute atomic E-state index is 9.97. The molecule has 0 unspecified atom stereocenters. The zero-order chi connectivity index (χ0) is 25.5. The number of fused-ring (bicyclic) bond motifs is 3.